The quantitative estimate of drug-likeness (QED) is 0.749. The molecule has 0 bridgehead atoms. The fourth-order valence-electron chi connectivity index (χ4n) is 1.24. The van der Waals surface area contributed by atoms with Gasteiger partial charge in [0.2, 0.25) is 0 Å². The van der Waals surface area contributed by atoms with E-state index in [2.05, 4.69) is 9.97 Å². The molecule has 0 saturated carbocycles. The zero-order valence-electron chi connectivity index (χ0n) is 7.82. The van der Waals surface area contributed by atoms with Crippen LogP contribution in [0.1, 0.15) is 5.69 Å². The van der Waals surface area contributed by atoms with Gasteiger partial charge in [0.25, 0.3) is 0 Å². The number of rotatable bonds is 2. The van der Waals surface area contributed by atoms with Crippen molar-refractivity contribution in [2.75, 3.05) is 0 Å². The second-order valence-electron chi connectivity index (χ2n) is 3.02. The molecule has 0 aliphatic carbocycles. The van der Waals surface area contributed by atoms with E-state index >= 15 is 0 Å². The van der Waals surface area contributed by atoms with Gasteiger partial charge in [-0.2, -0.15) is 0 Å². The highest BCUT2D eigenvalue weighted by Gasteiger charge is 2.02. The van der Waals surface area contributed by atoms with Crippen LogP contribution < -0.4 is 0 Å². The molecule has 1 aromatic heterocycles. The van der Waals surface area contributed by atoms with Crippen LogP contribution in [0.4, 0.5) is 0 Å². The highest BCUT2D eigenvalue weighted by molar-refractivity contribution is 6.30. The maximum atomic E-state index is 5.89. The molecule has 0 atom stereocenters. The summed E-state index contributed by atoms with van der Waals surface area (Å²) < 4.78 is 0. The van der Waals surface area contributed by atoms with Crippen LogP contribution in [0.3, 0.4) is 0 Å². The third kappa shape index (κ3) is 2.46. The fraction of sp³-hybridized carbons (Fsp3) is 0.0909. The summed E-state index contributed by atoms with van der Waals surface area (Å²) >= 11 is 11.6. The molecular weight excluding hydrogens is 231 g/mol. The Morgan fingerprint density at radius 1 is 1.20 bits per heavy atom. The van der Waals surface area contributed by atoms with Crippen LogP contribution in [0.5, 0.6) is 0 Å². The number of benzene rings is 1. The van der Waals surface area contributed by atoms with Crippen molar-refractivity contribution in [2.45, 2.75) is 5.88 Å². The first-order chi connectivity index (χ1) is 7.29. The first-order valence-electron chi connectivity index (χ1n) is 4.43. The minimum atomic E-state index is 0.385. The number of halogens is 2. The van der Waals surface area contributed by atoms with E-state index in [4.69, 9.17) is 23.2 Å². The SMILES string of the molecule is ClCc1ccnc(-c2cccc(Cl)c2)n1. The number of aromatic nitrogens is 2. The van der Waals surface area contributed by atoms with Crippen LogP contribution >= 0.6 is 23.2 Å². The summed E-state index contributed by atoms with van der Waals surface area (Å²) in [6.45, 7) is 0. The molecule has 4 heteroatoms. The van der Waals surface area contributed by atoms with Crippen molar-refractivity contribution >= 4 is 23.2 Å². The Morgan fingerprint density at radius 3 is 2.80 bits per heavy atom. The summed E-state index contributed by atoms with van der Waals surface area (Å²) in [4.78, 5) is 8.47. The Morgan fingerprint density at radius 2 is 2.07 bits per heavy atom. The van der Waals surface area contributed by atoms with Gasteiger partial charge in [-0.05, 0) is 18.2 Å². The van der Waals surface area contributed by atoms with E-state index < -0.39 is 0 Å². The molecule has 0 fully saturated rings. The maximum absolute atomic E-state index is 5.89. The van der Waals surface area contributed by atoms with Gasteiger partial charge in [0.1, 0.15) is 0 Å². The van der Waals surface area contributed by atoms with E-state index in [-0.39, 0.29) is 0 Å². The third-order valence-electron chi connectivity index (χ3n) is 1.93. The summed E-state index contributed by atoms with van der Waals surface area (Å²) in [5.74, 6) is 1.03. The molecule has 1 aromatic carbocycles. The second kappa shape index (κ2) is 4.60. The molecule has 0 radical (unpaired) electrons. The van der Waals surface area contributed by atoms with Crippen molar-refractivity contribution in [3.63, 3.8) is 0 Å². The van der Waals surface area contributed by atoms with E-state index in [9.17, 15) is 0 Å². The van der Waals surface area contributed by atoms with Crippen LogP contribution in [0.15, 0.2) is 36.5 Å². The monoisotopic (exact) mass is 238 g/mol. The normalized spacial score (nSPS) is 10.3. The van der Waals surface area contributed by atoms with Gasteiger partial charge >= 0.3 is 0 Å². The van der Waals surface area contributed by atoms with E-state index in [0.717, 1.165) is 11.3 Å². The highest BCUT2D eigenvalue weighted by atomic mass is 35.5. The summed E-state index contributed by atoms with van der Waals surface area (Å²) in [5, 5.41) is 0.673. The number of hydrogen-bond acceptors (Lipinski definition) is 2. The molecule has 0 amide bonds. The predicted molar refractivity (Wildman–Crippen MR) is 62.0 cm³/mol. The zero-order valence-corrected chi connectivity index (χ0v) is 9.33. The minimum Gasteiger partial charge on any atom is -0.237 e. The summed E-state index contributed by atoms with van der Waals surface area (Å²) in [6.07, 6.45) is 1.70. The number of alkyl halides is 1. The molecule has 76 valence electrons. The molecule has 0 saturated heterocycles. The van der Waals surface area contributed by atoms with Crippen molar-refractivity contribution in [1.82, 2.24) is 9.97 Å². The largest absolute Gasteiger partial charge is 0.237 e. The lowest BCUT2D eigenvalue weighted by Crippen LogP contribution is -1.92. The fourth-order valence-corrected chi connectivity index (χ4v) is 1.58. The molecule has 0 aliphatic heterocycles. The molecule has 0 aliphatic rings. The molecule has 2 nitrogen and oxygen atoms in total. The predicted octanol–water partition coefficient (Wildman–Crippen LogP) is 3.54. The van der Waals surface area contributed by atoms with Crippen molar-refractivity contribution in [3.8, 4) is 11.4 Å². The average molecular weight is 239 g/mol. The van der Waals surface area contributed by atoms with Crippen molar-refractivity contribution in [1.29, 1.82) is 0 Å². The zero-order chi connectivity index (χ0) is 10.7. The van der Waals surface area contributed by atoms with Crippen LogP contribution in [0.2, 0.25) is 5.02 Å². The molecule has 15 heavy (non-hydrogen) atoms. The molecule has 0 N–H and O–H groups in total. The Balaban J connectivity index is 2.44. The first-order valence-corrected chi connectivity index (χ1v) is 5.34. The number of nitrogens with zero attached hydrogens (tertiary/aromatic N) is 2. The molecule has 2 rings (SSSR count). The molecule has 2 aromatic rings. The van der Waals surface area contributed by atoms with E-state index in [0.29, 0.717) is 16.7 Å². The molecular formula is C11H8Cl2N2. The lowest BCUT2D eigenvalue weighted by molar-refractivity contribution is 1.09. The van der Waals surface area contributed by atoms with E-state index in [1.165, 1.54) is 0 Å². The van der Waals surface area contributed by atoms with Gasteiger partial charge < -0.3 is 0 Å². The van der Waals surface area contributed by atoms with Crippen molar-refractivity contribution in [2.24, 2.45) is 0 Å². The van der Waals surface area contributed by atoms with Crippen LogP contribution in [-0.4, -0.2) is 9.97 Å². The summed E-state index contributed by atoms with van der Waals surface area (Å²) in [5.41, 5.74) is 1.70. The molecule has 0 spiro atoms. The number of hydrogen-bond donors (Lipinski definition) is 0. The smallest absolute Gasteiger partial charge is 0.159 e. The molecule has 1 heterocycles. The Bertz CT molecular complexity index is 472. The van der Waals surface area contributed by atoms with Gasteiger partial charge in [0.05, 0.1) is 11.6 Å². The van der Waals surface area contributed by atoms with Crippen LogP contribution in [-0.2, 0) is 5.88 Å². The highest BCUT2D eigenvalue weighted by Crippen LogP contribution is 2.19. The lowest BCUT2D eigenvalue weighted by Gasteiger charge is -2.01. The van der Waals surface area contributed by atoms with E-state index in [1.54, 1.807) is 12.3 Å². The summed E-state index contributed by atoms with van der Waals surface area (Å²) in [7, 11) is 0. The van der Waals surface area contributed by atoms with E-state index in [1.807, 2.05) is 24.3 Å². The van der Waals surface area contributed by atoms with Gasteiger partial charge in [0, 0.05) is 16.8 Å². The lowest BCUT2D eigenvalue weighted by atomic mass is 10.2. The first kappa shape index (κ1) is 10.4. The van der Waals surface area contributed by atoms with Crippen LogP contribution in [0, 0.1) is 0 Å². The van der Waals surface area contributed by atoms with Gasteiger partial charge in [-0.3, -0.25) is 0 Å². The average Bonchev–Trinajstić information content (AvgIpc) is 2.29. The van der Waals surface area contributed by atoms with Crippen molar-refractivity contribution < 1.29 is 0 Å². The van der Waals surface area contributed by atoms with Gasteiger partial charge in [-0.1, -0.05) is 23.7 Å². The van der Waals surface area contributed by atoms with Crippen LogP contribution in [0.25, 0.3) is 11.4 Å². The summed E-state index contributed by atoms with van der Waals surface area (Å²) in [6, 6.07) is 9.22. The standard InChI is InChI=1S/C11H8Cl2N2/c12-7-10-4-5-14-11(15-10)8-2-1-3-9(13)6-8/h1-6H,7H2. The second-order valence-corrected chi connectivity index (χ2v) is 3.72. The molecule has 0 unspecified atom stereocenters. The minimum absolute atomic E-state index is 0.385. The van der Waals surface area contributed by atoms with Gasteiger partial charge in [-0.25, -0.2) is 9.97 Å². The Hall–Kier alpha value is -1.12. The third-order valence-corrected chi connectivity index (χ3v) is 2.44. The Labute approximate surface area is 97.9 Å². The van der Waals surface area contributed by atoms with Crippen molar-refractivity contribution in [3.05, 3.63) is 47.2 Å². The maximum Gasteiger partial charge on any atom is 0.159 e. The van der Waals surface area contributed by atoms with Gasteiger partial charge in [-0.15, -0.1) is 11.6 Å². The topological polar surface area (TPSA) is 25.8 Å². The van der Waals surface area contributed by atoms with Gasteiger partial charge in [0.15, 0.2) is 5.82 Å². The Kier molecular flexibility index (Phi) is 3.19.